The summed E-state index contributed by atoms with van der Waals surface area (Å²) in [6.07, 6.45) is -2.03. The number of halogens is 3. The Labute approximate surface area is 112 Å². The third-order valence-electron chi connectivity index (χ3n) is 2.31. The van der Waals surface area contributed by atoms with Crippen LogP contribution in [0.15, 0.2) is 34.7 Å². The quantitative estimate of drug-likeness (QED) is 0.778. The van der Waals surface area contributed by atoms with Gasteiger partial charge in [-0.25, -0.2) is 8.78 Å². The molecule has 0 unspecified atom stereocenters. The molecule has 0 spiro atoms. The van der Waals surface area contributed by atoms with Crippen LogP contribution in [-0.2, 0) is 0 Å². The summed E-state index contributed by atoms with van der Waals surface area (Å²) in [5.41, 5.74) is 0.418. The minimum absolute atomic E-state index is 0.134. The molecule has 19 heavy (non-hydrogen) atoms. The fraction of sp³-hybridized carbons (Fsp3) is 0.154. The smallest absolute Gasteiger partial charge is 0.272 e. The molecule has 0 aliphatic heterocycles. The molecular formula is C13H9ClF2O3. The zero-order valence-corrected chi connectivity index (χ0v) is 10.4. The minimum Gasteiger partial charge on any atom is -0.487 e. The lowest BCUT2D eigenvalue weighted by Gasteiger charge is -2.10. The maximum Gasteiger partial charge on any atom is 0.272 e. The summed E-state index contributed by atoms with van der Waals surface area (Å²) in [4.78, 5) is 10.6. The van der Waals surface area contributed by atoms with Gasteiger partial charge < -0.3 is 9.15 Å². The van der Waals surface area contributed by atoms with Gasteiger partial charge in [0, 0.05) is 5.02 Å². The summed E-state index contributed by atoms with van der Waals surface area (Å²) in [5.74, 6) is 0.681. The van der Waals surface area contributed by atoms with Crippen molar-refractivity contribution in [2.45, 2.75) is 6.43 Å². The van der Waals surface area contributed by atoms with Crippen molar-refractivity contribution in [2.24, 2.45) is 0 Å². The molecular weight excluding hydrogens is 278 g/mol. The number of carbonyl (C=O) groups is 1. The summed E-state index contributed by atoms with van der Waals surface area (Å²) >= 11 is 5.86. The summed E-state index contributed by atoms with van der Waals surface area (Å²) in [5, 5.41) is 0.406. The Morgan fingerprint density at radius 1 is 1.32 bits per heavy atom. The second-order valence-corrected chi connectivity index (χ2v) is 4.10. The second kappa shape index (κ2) is 5.84. The third-order valence-corrected chi connectivity index (χ3v) is 2.55. The van der Waals surface area contributed by atoms with Gasteiger partial charge in [-0.15, -0.1) is 0 Å². The predicted octanol–water partition coefficient (Wildman–Crippen LogP) is 4.06. The normalized spacial score (nSPS) is 10.7. The van der Waals surface area contributed by atoms with E-state index < -0.39 is 13.0 Å². The van der Waals surface area contributed by atoms with Gasteiger partial charge in [0.25, 0.3) is 6.43 Å². The molecule has 1 heterocycles. The second-order valence-electron chi connectivity index (χ2n) is 3.66. The van der Waals surface area contributed by atoms with E-state index in [-0.39, 0.29) is 11.5 Å². The van der Waals surface area contributed by atoms with Crippen molar-refractivity contribution in [3.05, 3.63) is 41.1 Å². The molecule has 0 bridgehead atoms. The summed E-state index contributed by atoms with van der Waals surface area (Å²) in [7, 11) is 0. The molecule has 0 aliphatic carbocycles. The molecule has 0 N–H and O–H groups in total. The van der Waals surface area contributed by atoms with Crippen LogP contribution in [0.2, 0.25) is 5.02 Å². The van der Waals surface area contributed by atoms with Crippen molar-refractivity contribution in [2.75, 3.05) is 6.61 Å². The molecule has 3 nitrogen and oxygen atoms in total. The minimum atomic E-state index is -2.58. The fourth-order valence-corrected chi connectivity index (χ4v) is 1.71. The molecule has 1 aromatic heterocycles. The van der Waals surface area contributed by atoms with Crippen molar-refractivity contribution in [3.8, 4) is 17.1 Å². The van der Waals surface area contributed by atoms with Crippen LogP contribution in [0.3, 0.4) is 0 Å². The lowest BCUT2D eigenvalue weighted by atomic mass is 10.1. The predicted molar refractivity (Wildman–Crippen MR) is 66.0 cm³/mol. The topological polar surface area (TPSA) is 39.4 Å². The van der Waals surface area contributed by atoms with Crippen LogP contribution in [0, 0.1) is 0 Å². The van der Waals surface area contributed by atoms with Gasteiger partial charge in [-0.1, -0.05) is 11.6 Å². The number of hydrogen-bond acceptors (Lipinski definition) is 3. The number of furan rings is 1. The fourth-order valence-electron chi connectivity index (χ4n) is 1.53. The van der Waals surface area contributed by atoms with Crippen LogP contribution in [-0.4, -0.2) is 19.3 Å². The van der Waals surface area contributed by atoms with Crippen molar-refractivity contribution in [1.29, 1.82) is 0 Å². The third kappa shape index (κ3) is 3.32. The molecule has 2 aromatic rings. The summed E-state index contributed by atoms with van der Waals surface area (Å²) in [6, 6.07) is 7.54. The van der Waals surface area contributed by atoms with Gasteiger partial charge in [-0.2, -0.15) is 0 Å². The van der Waals surface area contributed by atoms with Crippen LogP contribution in [0.25, 0.3) is 11.3 Å². The Morgan fingerprint density at radius 3 is 2.74 bits per heavy atom. The molecule has 6 heteroatoms. The van der Waals surface area contributed by atoms with Gasteiger partial charge in [-0.3, -0.25) is 4.79 Å². The lowest BCUT2D eigenvalue weighted by Crippen LogP contribution is -2.07. The summed E-state index contributed by atoms with van der Waals surface area (Å²) in [6.45, 7) is -0.726. The van der Waals surface area contributed by atoms with Crippen molar-refractivity contribution in [3.63, 3.8) is 0 Å². The van der Waals surface area contributed by atoms with Gasteiger partial charge in [0.1, 0.15) is 18.1 Å². The van der Waals surface area contributed by atoms with Crippen LogP contribution in [0.1, 0.15) is 10.6 Å². The van der Waals surface area contributed by atoms with E-state index >= 15 is 0 Å². The number of carbonyl (C=O) groups excluding carboxylic acids is 1. The number of aldehydes is 1. The van der Waals surface area contributed by atoms with Gasteiger partial charge in [0.05, 0.1) is 5.56 Å². The zero-order chi connectivity index (χ0) is 13.8. The van der Waals surface area contributed by atoms with E-state index in [9.17, 15) is 13.6 Å². The van der Waals surface area contributed by atoms with Crippen LogP contribution in [0.5, 0.6) is 5.75 Å². The van der Waals surface area contributed by atoms with Crippen molar-refractivity contribution >= 4 is 17.9 Å². The van der Waals surface area contributed by atoms with Crippen molar-refractivity contribution < 1.29 is 22.7 Å². The van der Waals surface area contributed by atoms with E-state index in [1.807, 2.05) is 0 Å². The van der Waals surface area contributed by atoms with E-state index in [0.29, 0.717) is 22.6 Å². The Balaban J connectivity index is 2.36. The Hall–Kier alpha value is -1.88. The maximum atomic E-state index is 12.2. The molecule has 100 valence electrons. The number of hydrogen-bond donors (Lipinski definition) is 0. The highest BCUT2D eigenvalue weighted by molar-refractivity contribution is 6.30. The van der Waals surface area contributed by atoms with E-state index in [4.69, 9.17) is 20.8 Å². The van der Waals surface area contributed by atoms with Crippen LogP contribution >= 0.6 is 11.6 Å². The van der Waals surface area contributed by atoms with Gasteiger partial charge in [0.2, 0.25) is 0 Å². The SMILES string of the molecule is O=Cc1ccc(-c2cc(Cl)ccc2OCC(F)F)o1. The first-order chi connectivity index (χ1) is 9.10. The van der Waals surface area contributed by atoms with Gasteiger partial charge in [0.15, 0.2) is 12.0 Å². The number of benzene rings is 1. The average molecular weight is 287 g/mol. The number of rotatable bonds is 5. The molecule has 2 rings (SSSR count). The molecule has 0 fully saturated rings. The maximum absolute atomic E-state index is 12.2. The first-order valence-electron chi connectivity index (χ1n) is 5.36. The molecule has 1 aromatic carbocycles. The highest BCUT2D eigenvalue weighted by atomic mass is 35.5. The standard InChI is InChI=1S/C13H9ClF2O3/c14-8-1-3-11(18-7-13(15)16)10(5-8)12-4-2-9(6-17)19-12/h1-6,13H,7H2. The molecule has 0 atom stereocenters. The highest BCUT2D eigenvalue weighted by Gasteiger charge is 2.13. The number of alkyl halides is 2. The van der Waals surface area contributed by atoms with Gasteiger partial charge in [-0.05, 0) is 30.3 Å². The van der Waals surface area contributed by atoms with Crippen LogP contribution in [0.4, 0.5) is 8.78 Å². The Kier molecular flexibility index (Phi) is 4.16. The van der Waals surface area contributed by atoms with Crippen LogP contribution < -0.4 is 4.74 Å². The van der Waals surface area contributed by atoms with E-state index in [1.165, 1.54) is 24.3 Å². The Bertz CT molecular complexity index is 581. The van der Waals surface area contributed by atoms with E-state index in [2.05, 4.69) is 0 Å². The summed E-state index contributed by atoms with van der Waals surface area (Å²) < 4.78 is 34.6. The molecule has 0 saturated carbocycles. The molecule has 0 radical (unpaired) electrons. The largest absolute Gasteiger partial charge is 0.487 e. The highest BCUT2D eigenvalue weighted by Crippen LogP contribution is 2.33. The molecule has 0 amide bonds. The first-order valence-corrected chi connectivity index (χ1v) is 5.74. The van der Waals surface area contributed by atoms with Gasteiger partial charge >= 0.3 is 0 Å². The van der Waals surface area contributed by atoms with E-state index in [0.717, 1.165) is 0 Å². The monoisotopic (exact) mass is 286 g/mol. The lowest BCUT2D eigenvalue weighted by molar-refractivity contribution is 0.0821. The van der Waals surface area contributed by atoms with E-state index in [1.54, 1.807) is 6.07 Å². The molecule has 0 aliphatic rings. The number of ether oxygens (including phenoxy) is 1. The average Bonchev–Trinajstić information content (AvgIpc) is 2.85. The first kappa shape index (κ1) is 13.5. The molecule has 0 saturated heterocycles. The Morgan fingerprint density at radius 2 is 2.11 bits per heavy atom. The van der Waals surface area contributed by atoms with Crippen molar-refractivity contribution in [1.82, 2.24) is 0 Å². The zero-order valence-electron chi connectivity index (χ0n) is 9.61.